The molecule has 4 rings (SSSR count). The van der Waals surface area contributed by atoms with Gasteiger partial charge in [0.05, 0.1) is 29.6 Å². The van der Waals surface area contributed by atoms with E-state index in [1.165, 1.54) is 0 Å². The number of fused-ring (bicyclic) bond motifs is 1. The fourth-order valence-corrected chi connectivity index (χ4v) is 3.95. The second kappa shape index (κ2) is 9.35. The van der Waals surface area contributed by atoms with Crippen LogP contribution in [0.3, 0.4) is 0 Å². The maximum absolute atomic E-state index is 14.7. The highest BCUT2D eigenvalue weighted by Gasteiger charge is 2.24. The van der Waals surface area contributed by atoms with Crippen LogP contribution in [0.4, 0.5) is 21.7 Å². The van der Waals surface area contributed by atoms with Crippen LogP contribution in [-0.4, -0.2) is 34.6 Å². The predicted molar refractivity (Wildman–Crippen MR) is 123 cm³/mol. The van der Waals surface area contributed by atoms with Crippen LogP contribution in [0.25, 0.3) is 10.9 Å². The molecule has 0 bridgehead atoms. The van der Waals surface area contributed by atoms with Gasteiger partial charge in [0, 0.05) is 23.5 Å². The first kappa shape index (κ1) is 21.8. The van der Waals surface area contributed by atoms with E-state index in [1.807, 2.05) is 31.2 Å². The molecule has 2 atom stereocenters. The normalized spacial score (nSPS) is 18.3. The fourth-order valence-electron chi connectivity index (χ4n) is 3.95. The molecule has 8 nitrogen and oxygen atoms in total. The summed E-state index contributed by atoms with van der Waals surface area (Å²) in [6, 6.07) is 8.39. The topological polar surface area (TPSA) is 128 Å². The van der Waals surface area contributed by atoms with E-state index in [0.717, 1.165) is 48.4 Å². The number of carbonyl (C=O) groups excluding carboxylic acids is 1. The Labute approximate surface area is 185 Å². The fraction of sp³-hybridized carbons (Fsp3) is 0.348. The van der Waals surface area contributed by atoms with E-state index < -0.39 is 11.7 Å². The number of nitrogens with two attached hydrogens (primary N) is 2. The lowest BCUT2D eigenvalue weighted by atomic mass is 9.91. The maximum Gasteiger partial charge on any atom is 0.252 e. The first-order valence-corrected chi connectivity index (χ1v) is 10.8. The zero-order valence-corrected chi connectivity index (χ0v) is 17.9. The van der Waals surface area contributed by atoms with Gasteiger partial charge in [0.15, 0.2) is 11.6 Å². The molecule has 0 aliphatic heterocycles. The summed E-state index contributed by atoms with van der Waals surface area (Å²) in [4.78, 5) is 20.7. The summed E-state index contributed by atoms with van der Waals surface area (Å²) >= 11 is 0. The van der Waals surface area contributed by atoms with E-state index in [1.54, 1.807) is 6.20 Å². The third kappa shape index (κ3) is 4.72. The summed E-state index contributed by atoms with van der Waals surface area (Å²) in [6.45, 7) is 2.49. The number of pyridine rings is 2. The Bertz CT molecular complexity index is 1140. The van der Waals surface area contributed by atoms with E-state index in [4.69, 9.17) is 16.2 Å². The number of anilines is 3. The highest BCUT2D eigenvalue weighted by atomic mass is 19.1. The van der Waals surface area contributed by atoms with Gasteiger partial charge in [-0.2, -0.15) is 0 Å². The van der Waals surface area contributed by atoms with Crippen LogP contribution in [0.2, 0.25) is 0 Å². The standard InChI is InChI=1S/C23H27FN6O2/c1-2-32-15-8-7-13-9-14(12-27-20(13)10-15)28-22-16(21(26)31)11-17(24)23(30-22)29-19-6-4-3-5-18(19)25/h7-12,18-19H,2-6,25H2,1H3,(H2,26,31)(H2,28,29,30)/t18-,19+/m0/s1. The molecule has 0 spiro atoms. The van der Waals surface area contributed by atoms with Gasteiger partial charge in [0.2, 0.25) is 0 Å². The largest absolute Gasteiger partial charge is 0.494 e. The van der Waals surface area contributed by atoms with Crippen molar-refractivity contribution in [2.75, 3.05) is 17.2 Å². The number of benzene rings is 1. The number of hydrogen-bond acceptors (Lipinski definition) is 7. The Kier molecular flexibility index (Phi) is 6.36. The van der Waals surface area contributed by atoms with Crippen molar-refractivity contribution in [3.05, 3.63) is 47.9 Å². The minimum Gasteiger partial charge on any atom is -0.494 e. The van der Waals surface area contributed by atoms with Crippen molar-refractivity contribution in [1.82, 2.24) is 9.97 Å². The van der Waals surface area contributed by atoms with Crippen LogP contribution in [0, 0.1) is 5.82 Å². The number of amides is 1. The molecule has 168 valence electrons. The van der Waals surface area contributed by atoms with E-state index in [-0.39, 0.29) is 29.3 Å². The Morgan fingerprint density at radius 1 is 1.22 bits per heavy atom. The average Bonchev–Trinajstić information content (AvgIpc) is 2.77. The third-order valence-corrected chi connectivity index (χ3v) is 5.61. The summed E-state index contributed by atoms with van der Waals surface area (Å²) < 4.78 is 20.2. The van der Waals surface area contributed by atoms with E-state index >= 15 is 0 Å². The van der Waals surface area contributed by atoms with Crippen LogP contribution in [-0.2, 0) is 0 Å². The number of nitrogens with zero attached hydrogens (tertiary/aromatic N) is 2. The summed E-state index contributed by atoms with van der Waals surface area (Å²) in [6.07, 6.45) is 5.39. The van der Waals surface area contributed by atoms with Gasteiger partial charge in [-0.05, 0) is 44.0 Å². The molecule has 1 fully saturated rings. The first-order chi connectivity index (χ1) is 15.4. The molecule has 6 N–H and O–H groups in total. The van der Waals surface area contributed by atoms with Gasteiger partial charge >= 0.3 is 0 Å². The molecule has 1 aliphatic rings. The Morgan fingerprint density at radius 3 is 2.78 bits per heavy atom. The molecule has 0 saturated heterocycles. The van der Waals surface area contributed by atoms with Crippen molar-refractivity contribution < 1.29 is 13.9 Å². The molecule has 0 radical (unpaired) electrons. The number of hydrogen-bond donors (Lipinski definition) is 4. The van der Waals surface area contributed by atoms with E-state index in [2.05, 4.69) is 20.6 Å². The Hall–Kier alpha value is -3.46. The highest BCUT2D eigenvalue weighted by Crippen LogP contribution is 2.28. The lowest BCUT2D eigenvalue weighted by molar-refractivity contribution is 0.100. The Morgan fingerprint density at radius 2 is 2.03 bits per heavy atom. The molecule has 1 aliphatic carbocycles. The lowest BCUT2D eigenvalue weighted by Gasteiger charge is -2.30. The number of carbonyl (C=O) groups is 1. The second-order valence-corrected chi connectivity index (χ2v) is 7.91. The van der Waals surface area contributed by atoms with Crippen LogP contribution in [0.1, 0.15) is 43.0 Å². The van der Waals surface area contributed by atoms with Crippen molar-refractivity contribution in [3.63, 3.8) is 0 Å². The number of rotatable bonds is 7. The molecule has 1 aromatic carbocycles. The monoisotopic (exact) mass is 438 g/mol. The lowest BCUT2D eigenvalue weighted by Crippen LogP contribution is -2.43. The van der Waals surface area contributed by atoms with Crippen molar-refractivity contribution >= 4 is 34.1 Å². The molecule has 2 heterocycles. The first-order valence-electron chi connectivity index (χ1n) is 10.8. The number of halogens is 1. The molecule has 9 heteroatoms. The van der Waals surface area contributed by atoms with Crippen LogP contribution in [0.15, 0.2) is 36.5 Å². The van der Waals surface area contributed by atoms with Crippen LogP contribution in [0.5, 0.6) is 5.75 Å². The predicted octanol–water partition coefficient (Wildman–Crippen LogP) is 3.69. The maximum atomic E-state index is 14.7. The summed E-state index contributed by atoms with van der Waals surface area (Å²) in [5, 5.41) is 7.03. The number of ether oxygens (including phenoxy) is 1. The summed E-state index contributed by atoms with van der Waals surface area (Å²) in [5.41, 5.74) is 13.0. The van der Waals surface area contributed by atoms with Crippen LogP contribution < -0.4 is 26.8 Å². The quantitative estimate of drug-likeness (QED) is 0.443. The minimum absolute atomic E-state index is 0.0370. The molecule has 1 amide bonds. The van der Waals surface area contributed by atoms with Gasteiger partial charge in [-0.3, -0.25) is 9.78 Å². The van der Waals surface area contributed by atoms with Crippen LogP contribution >= 0.6 is 0 Å². The zero-order valence-electron chi connectivity index (χ0n) is 17.9. The molecule has 0 unspecified atom stereocenters. The van der Waals surface area contributed by atoms with Crippen molar-refractivity contribution in [2.45, 2.75) is 44.7 Å². The molecule has 1 saturated carbocycles. The van der Waals surface area contributed by atoms with Crippen molar-refractivity contribution in [1.29, 1.82) is 0 Å². The second-order valence-electron chi connectivity index (χ2n) is 7.91. The molecular weight excluding hydrogens is 411 g/mol. The van der Waals surface area contributed by atoms with Crippen molar-refractivity contribution in [3.8, 4) is 5.75 Å². The van der Waals surface area contributed by atoms with Gasteiger partial charge in [-0.15, -0.1) is 0 Å². The van der Waals surface area contributed by atoms with Gasteiger partial charge in [-0.25, -0.2) is 9.37 Å². The van der Waals surface area contributed by atoms with E-state index in [9.17, 15) is 9.18 Å². The van der Waals surface area contributed by atoms with Gasteiger partial charge in [0.25, 0.3) is 5.91 Å². The summed E-state index contributed by atoms with van der Waals surface area (Å²) in [7, 11) is 0. The van der Waals surface area contributed by atoms with Crippen molar-refractivity contribution in [2.24, 2.45) is 11.5 Å². The zero-order chi connectivity index (χ0) is 22.7. The molecule has 2 aromatic heterocycles. The van der Waals surface area contributed by atoms with E-state index in [0.29, 0.717) is 12.3 Å². The average molecular weight is 439 g/mol. The highest BCUT2D eigenvalue weighted by molar-refractivity contribution is 5.99. The van der Waals surface area contributed by atoms with Gasteiger partial charge < -0.3 is 26.8 Å². The van der Waals surface area contributed by atoms with Gasteiger partial charge in [-0.1, -0.05) is 12.8 Å². The number of nitrogens with one attached hydrogen (secondary N) is 2. The number of primary amides is 1. The Balaban J connectivity index is 1.64. The third-order valence-electron chi connectivity index (χ3n) is 5.61. The smallest absolute Gasteiger partial charge is 0.252 e. The molecular formula is C23H27FN6O2. The number of aromatic nitrogens is 2. The van der Waals surface area contributed by atoms with Gasteiger partial charge in [0.1, 0.15) is 11.6 Å². The molecule has 32 heavy (non-hydrogen) atoms. The SMILES string of the molecule is CCOc1ccc2cc(Nc3nc(N[C@@H]4CCCC[C@@H]4N)c(F)cc3C(N)=O)cnc2c1. The minimum atomic E-state index is -0.782. The molecule has 3 aromatic rings. The summed E-state index contributed by atoms with van der Waals surface area (Å²) in [5.74, 6) is -0.508.